The van der Waals surface area contributed by atoms with E-state index in [1.54, 1.807) is 36.4 Å². The number of benzene rings is 3. The lowest BCUT2D eigenvalue weighted by molar-refractivity contribution is 0.0994. The van der Waals surface area contributed by atoms with E-state index < -0.39 is 0 Å². The molecule has 0 spiro atoms. The summed E-state index contributed by atoms with van der Waals surface area (Å²) in [6.07, 6.45) is 0. The van der Waals surface area contributed by atoms with Crippen molar-refractivity contribution in [2.24, 2.45) is 12.0 Å². The third kappa shape index (κ3) is 3.44. The summed E-state index contributed by atoms with van der Waals surface area (Å²) >= 11 is 1.49. The van der Waals surface area contributed by atoms with E-state index in [9.17, 15) is 9.59 Å². The second-order valence-electron chi connectivity index (χ2n) is 6.60. The summed E-state index contributed by atoms with van der Waals surface area (Å²) in [6, 6.07) is 21.9. The molecule has 138 valence electrons. The number of carbonyl (C=O) groups is 2. The number of hydrogen-bond acceptors (Lipinski definition) is 3. The summed E-state index contributed by atoms with van der Waals surface area (Å²) in [5.74, 6) is -0.389. The molecule has 1 aromatic heterocycles. The highest BCUT2D eigenvalue weighted by Crippen LogP contribution is 2.18. The Morgan fingerprint density at radius 3 is 2.21 bits per heavy atom. The third-order valence-electron chi connectivity index (χ3n) is 4.59. The number of aryl methyl sites for hydroxylation is 2. The maximum absolute atomic E-state index is 12.6. The van der Waals surface area contributed by atoms with Crippen molar-refractivity contribution >= 4 is 33.2 Å². The molecule has 0 atom stereocenters. The highest BCUT2D eigenvalue weighted by Gasteiger charge is 2.11. The van der Waals surface area contributed by atoms with Crippen LogP contribution in [0.3, 0.4) is 0 Å². The summed E-state index contributed by atoms with van der Waals surface area (Å²) < 4.78 is 3.02. The Labute approximate surface area is 166 Å². The monoisotopic (exact) mass is 386 g/mol. The van der Waals surface area contributed by atoms with Gasteiger partial charge in [0.25, 0.3) is 5.91 Å². The maximum Gasteiger partial charge on any atom is 0.279 e. The van der Waals surface area contributed by atoms with Gasteiger partial charge in [0.1, 0.15) is 0 Å². The summed E-state index contributed by atoms with van der Waals surface area (Å²) in [7, 11) is 1.90. The first-order valence-corrected chi connectivity index (χ1v) is 9.69. The molecule has 0 saturated heterocycles. The van der Waals surface area contributed by atoms with Crippen LogP contribution in [-0.2, 0) is 7.05 Å². The minimum Gasteiger partial charge on any atom is -0.319 e. The van der Waals surface area contributed by atoms with Crippen LogP contribution in [0.2, 0.25) is 0 Å². The fourth-order valence-electron chi connectivity index (χ4n) is 3.02. The zero-order chi connectivity index (χ0) is 19.7. The van der Waals surface area contributed by atoms with Crippen molar-refractivity contribution in [3.63, 3.8) is 0 Å². The smallest absolute Gasteiger partial charge is 0.279 e. The van der Waals surface area contributed by atoms with E-state index in [-0.39, 0.29) is 11.7 Å². The topological polar surface area (TPSA) is 51.4 Å². The first-order valence-electron chi connectivity index (χ1n) is 8.88. The average Bonchev–Trinajstić information content (AvgIpc) is 3.02. The molecule has 0 saturated carbocycles. The van der Waals surface area contributed by atoms with Crippen molar-refractivity contribution in [3.05, 3.63) is 99.9 Å². The fourth-order valence-corrected chi connectivity index (χ4v) is 4.13. The Bertz CT molecular complexity index is 1250. The lowest BCUT2D eigenvalue weighted by atomic mass is 10.0. The molecule has 0 bridgehead atoms. The van der Waals surface area contributed by atoms with Gasteiger partial charge in [-0.05, 0) is 36.8 Å². The van der Waals surface area contributed by atoms with Gasteiger partial charge in [0, 0.05) is 23.7 Å². The van der Waals surface area contributed by atoms with Crippen LogP contribution in [-0.4, -0.2) is 16.3 Å². The number of carbonyl (C=O) groups excluding carboxylic acids is 2. The molecule has 1 heterocycles. The average molecular weight is 386 g/mol. The van der Waals surface area contributed by atoms with Crippen LogP contribution >= 0.6 is 11.3 Å². The van der Waals surface area contributed by atoms with E-state index in [0.717, 1.165) is 10.2 Å². The lowest BCUT2D eigenvalue weighted by Gasteiger charge is -2.02. The van der Waals surface area contributed by atoms with E-state index in [1.165, 1.54) is 16.9 Å². The molecule has 0 N–H and O–H groups in total. The van der Waals surface area contributed by atoms with Gasteiger partial charge in [0.15, 0.2) is 10.6 Å². The Morgan fingerprint density at radius 2 is 1.50 bits per heavy atom. The summed E-state index contributed by atoms with van der Waals surface area (Å²) in [6.45, 7) is 2.04. The molecular formula is C23H18N2O2S. The second kappa shape index (κ2) is 7.37. The van der Waals surface area contributed by atoms with Crippen molar-refractivity contribution < 1.29 is 9.59 Å². The highest BCUT2D eigenvalue weighted by atomic mass is 32.1. The molecule has 3 aromatic carbocycles. The molecule has 0 fully saturated rings. The first-order chi connectivity index (χ1) is 13.5. The van der Waals surface area contributed by atoms with Gasteiger partial charge in [-0.3, -0.25) is 9.59 Å². The maximum atomic E-state index is 12.6. The predicted molar refractivity (Wildman–Crippen MR) is 112 cm³/mol. The molecule has 0 aliphatic heterocycles. The number of fused-ring (bicyclic) bond motifs is 1. The molecule has 0 aliphatic rings. The quantitative estimate of drug-likeness (QED) is 0.486. The summed E-state index contributed by atoms with van der Waals surface area (Å²) in [5.41, 5.74) is 3.85. The van der Waals surface area contributed by atoms with E-state index in [2.05, 4.69) is 11.1 Å². The van der Waals surface area contributed by atoms with Crippen LogP contribution in [0.4, 0.5) is 0 Å². The van der Waals surface area contributed by atoms with Gasteiger partial charge in [0.2, 0.25) is 0 Å². The number of nitrogens with zero attached hydrogens (tertiary/aromatic N) is 2. The molecular weight excluding hydrogens is 368 g/mol. The number of amides is 1. The third-order valence-corrected chi connectivity index (χ3v) is 5.69. The first kappa shape index (κ1) is 18.1. The minimum absolute atomic E-state index is 0.0668. The highest BCUT2D eigenvalue weighted by molar-refractivity contribution is 7.16. The van der Waals surface area contributed by atoms with Crippen molar-refractivity contribution in [2.45, 2.75) is 6.92 Å². The van der Waals surface area contributed by atoms with Gasteiger partial charge in [0.05, 0.1) is 10.2 Å². The molecule has 0 unspecified atom stereocenters. The van der Waals surface area contributed by atoms with Gasteiger partial charge >= 0.3 is 0 Å². The van der Waals surface area contributed by atoms with E-state index in [0.29, 0.717) is 21.5 Å². The van der Waals surface area contributed by atoms with Crippen LogP contribution in [0.5, 0.6) is 0 Å². The summed E-state index contributed by atoms with van der Waals surface area (Å²) in [4.78, 5) is 30.0. The number of aromatic nitrogens is 1. The molecule has 4 nitrogen and oxygen atoms in total. The fraction of sp³-hybridized carbons (Fsp3) is 0.0870. The number of hydrogen-bond donors (Lipinski definition) is 0. The second-order valence-corrected chi connectivity index (χ2v) is 7.61. The molecule has 0 aliphatic carbocycles. The normalized spacial score (nSPS) is 11.7. The van der Waals surface area contributed by atoms with Crippen LogP contribution in [0, 0.1) is 6.92 Å². The zero-order valence-corrected chi connectivity index (χ0v) is 16.4. The van der Waals surface area contributed by atoms with Gasteiger partial charge in [-0.1, -0.05) is 59.9 Å². The molecule has 1 amide bonds. The molecule has 4 rings (SSSR count). The zero-order valence-electron chi connectivity index (χ0n) is 15.5. The Morgan fingerprint density at radius 1 is 0.857 bits per heavy atom. The molecule has 5 heteroatoms. The lowest BCUT2D eigenvalue weighted by Crippen LogP contribution is -2.13. The minimum atomic E-state index is -0.322. The van der Waals surface area contributed by atoms with Gasteiger partial charge < -0.3 is 4.57 Å². The molecule has 0 radical (unpaired) electrons. The SMILES string of the molecule is Cc1ccc2c(c1)sc(=NC(=O)c1ccc(C(=O)c3ccccc3)cc1)n2C. The van der Waals surface area contributed by atoms with Crippen LogP contribution < -0.4 is 4.80 Å². The van der Waals surface area contributed by atoms with E-state index in [4.69, 9.17) is 0 Å². The van der Waals surface area contributed by atoms with Crippen molar-refractivity contribution in [2.75, 3.05) is 0 Å². The van der Waals surface area contributed by atoms with Crippen LogP contribution in [0.1, 0.15) is 31.8 Å². The van der Waals surface area contributed by atoms with Gasteiger partial charge in [-0.15, -0.1) is 0 Å². The Kier molecular flexibility index (Phi) is 4.75. The largest absolute Gasteiger partial charge is 0.319 e. The standard InChI is InChI=1S/C23H18N2O2S/c1-15-8-13-19-20(14-15)28-23(25(19)2)24-22(27)18-11-9-17(10-12-18)21(26)16-6-4-3-5-7-16/h3-14H,1-2H3. The van der Waals surface area contributed by atoms with Gasteiger partial charge in [-0.25, -0.2) is 0 Å². The van der Waals surface area contributed by atoms with Crippen LogP contribution in [0.25, 0.3) is 10.2 Å². The van der Waals surface area contributed by atoms with Crippen LogP contribution in [0.15, 0.2) is 77.8 Å². The van der Waals surface area contributed by atoms with Crippen molar-refractivity contribution in [1.29, 1.82) is 0 Å². The van der Waals surface area contributed by atoms with E-state index in [1.807, 2.05) is 48.9 Å². The number of rotatable bonds is 3. The summed E-state index contributed by atoms with van der Waals surface area (Å²) in [5, 5.41) is 0. The van der Waals surface area contributed by atoms with Crippen molar-refractivity contribution in [1.82, 2.24) is 4.57 Å². The van der Waals surface area contributed by atoms with Gasteiger partial charge in [-0.2, -0.15) is 4.99 Å². The van der Waals surface area contributed by atoms with E-state index >= 15 is 0 Å². The molecule has 4 aromatic rings. The number of thiazole rings is 1. The predicted octanol–water partition coefficient (Wildman–Crippen LogP) is 4.52. The molecule has 28 heavy (non-hydrogen) atoms. The van der Waals surface area contributed by atoms with Crippen molar-refractivity contribution in [3.8, 4) is 0 Å². The number of ketones is 1. The Hall–Kier alpha value is -3.31. The Balaban J connectivity index is 1.63.